The van der Waals surface area contributed by atoms with Gasteiger partial charge in [-0.1, -0.05) is 6.07 Å². The van der Waals surface area contributed by atoms with Gasteiger partial charge in [-0.2, -0.15) is 26.3 Å². The van der Waals surface area contributed by atoms with Crippen LogP contribution in [0.15, 0.2) is 60.8 Å². The predicted molar refractivity (Wildman–Crippen MR) is 188 cm³/mol. The number of esters is 1. The summed E-state index contributed by atoms with van der Waals surface area (Å²) in [5.41, 5.74) is -0.977. The normalized spacial score (nSPS) is 20.2. The summed E-state index contributed by atoms with van der Waals surface area (Å²) in [6.07, 6.45) is -11.9. The van der Waals surface area contributed by atoms with Crippen LogP contribution < -0.4 is 9.64 Å². The lowest BCUT2D eigenvalue weighted by molar-refractivity contribution is -0.154. The summed E-state index contributed by atoms with van der Waals surface area (Å²) in [4.78, 5) is 24.5. The molecule has 300 valence electrons. The highest BCUT2D eigenvalue weighted by Crippen LogP contribution is 2.43. The van der Waals surface area contributed by atoms with Crippen LogP contribution >= 0.6 is 0 Å². The highest BCUT2D eigenvalue weighted by Gasteiger charge is 2.46. The molecule has 2 aromatic carbocycles. The number of benzene rings is 2. The van der Waals surface area contributed by atoms with E-state index in [1.54, 1.807) is 64.2 Å². The van der Waals surface area contributed by atoms with Crippen molar-refractivity contribution in [2.24, 2.45) is 0 Å². The van der Waals surface area contributed by atoms with Crippen molar-refractivity contribution in [3.05, 3.63) is 94.3 Å². The Morgan fingerprint density at radius 3 is 2.11 bits per heavy atom. The topological polar surface area (TPSA) is 97.3 Å². The first-order chi connectivity index (χ1) is 25.9. The van der Waals surface area contributed by atoms with Crippen LogP contribution in [0.5, 0.6) is 5.88 Å². The van der Waals surface area contributed by atoms with E-state index in [1.165, 1.54) is 29.9 Å². The third kappa shape index (κ3) is 8.59. The molecule has 2 saturated heterocycles. The minimum Gasteiger partial charge on any atom is -0.481 e. The lowest BCUT2D eigenvalue weighted by atomic mass is 9.95. The van der Waals surface area contributed by atoms with Crippen molar-refractivity contribution in [2.75, 3.05) is 25.1 Å². The summed E-state index contributed by atoms with van der Waals surface area (Å²) in [7, 11) is 1.38. The molecule has 9 nitrogen and oxygen atoms in total. The monoisotopic (exact) mass is 794 g/mol. The molecule has 3 atom stereocenters. The Hall–Kier alpha value is -4.87. The van der Waals surface area contributed by atoms with Crippen LogP contribution in [-0.4, -0.2) is 70.1 Å². The lowest BCUT2D eigenvalue weighted by Gasteiger charge is -2.39. The fraction of sp³-hybridized carbons (Fsp3) is 0.410. The number of anilines is 1. The molecular formula is C39H38F8N4O5. The van der Waals surface area contributed by atoms with Crippen LogP contribution in [0.25, 0.3) is 22.3 Å². The average Bonchev–Trinajstić information content (AvgIpc) is 3.37. The number of pyridine rings is 2. The maximum Gasteiger partial charge on any atom is 0.416 e. The molecule has 2 aromatic heterocycles. The number of aromatic nitrogens is 2. The van der Waals surface area contributed by atoms with Gasteiger partial charge in [0.2, 0.25) is 12.3 Å². The second kappa shape index (κ2) is 14.6. The number of hydrogen-bond acceptors (Lipinski definition) is 9. The van der Waals surface area contributed by atoms with Crippen molar-refractivity contribution in [1.82, 2.24) is 14.9 Å². The zero-order valence-corrected chi connectivity index (χ0v) is 31.0. The van der Waals surface area contributed by atoms with Crippen molar-refractivity contribution < 1.29 is 59.2 Å². The highest BCUT2D eigenvalue weighted by molar-refractivity contribution is 5.91. The van der Waals surface area contributed by atoms with Gasteiger partial charge in [0.1, 0.15) is 17.5 Å². The number of methoxy groups -OCH3 is 1. The Morgan fingerprint density at radius 2 is 1.55 bits per heavy atom. The number of carbonyl (C=O) groups is 1. The largest absolute Gasteiger partial charge is 0.481 e. The van der Waals surface area contributed by atoms with Crippen LogP contribution in [0, 0.1) is 6.92 Å². The van der Waals surface area contributed by atoms with Crippen LogP contribution in [0.2, 0.25) is 0 Å². The number of halogens is 8. The van der Waals surface area contributed by atoms with E-state index in [0.29, 0.717) is 45.5 Å². The van der Waals surface area contributed by atoms with Crippen LogP contribution in [0.1, 0.15) is 72.1 Å². The molecule has 0 saturated carbocycles. The predicted octanol–water partition coefficient (Wildman–Crippen LogP) is 8.81. The van der Waals surface area contributed by atoms with E-state index < -0.39 is 78.2 Å². The van der Waals surface area contributed by atoms with Crippen LogP contribution in [0.4, 0.5) is 40.9 Å². The van der Waals surface area contributed by atoms with Crippen LogP contribution in [0.3, 0.4) is 0 Å². The number of hydrogen-bond donors (Lipinski definition) is 1. The summed E-state index contributed by atoms with van der Waals surface area (Å²) in [5, 5.41) is 11.1. The van der Waals surface area contributed by atoms with Gasteiger partial charge >= 0.3 is 18.3 Å². The SMILES string of the molecule is COc1ncc(-c2ccc(C(=O)OC(C)(C)C)cc2C)cc1-c1ccc(N2CC(F)(F)C2)nc1CN1C(O)O[C@H](c2cc(C(F)(F)F)cc(C(F)(F)F)c2)[C@@H]1C. The molecule has 0 bridgehead atoms. The quantitative estimate of drug-likeness (QED) is 0.139. The average molecular weight is 795 g/mol. The van der Waals surface area contributed by atoms with E-state index in [9.17, 15) is 45.0 Å². The van der Waals surface area contributed by atoms with Crippen molar-refractivity contribution in [3.8, 4) is 28.1 Å². The van der Waals surface area contributed by atoms with Crippen molar-refractivity contribution in [1.29, 1.82) is 0 Å². The number of alkyl halides is 8. The Balaban J connectivity index is 1.39. The van der Waals surface area contributed by atoms with E-state index in [0.717, 1.165) is 0 Å². The Kier molecular flexibility index (Phi) is 10.6. The molecule has 0 amide bonds. The van der Waals surface area contributed by atoms with Gasteiger partial charge in [0.15, 0.2) is 0 Å². The van der Waals surface area contributed by atoms with Gasteiger partial charge in [-0.15, -0.1) is 0 Å². The number of ether oxygens (including phenoxy) is 3. The fourth-order valence-corrected chi connectivity index (χ4v) is 6.71. The fourth-order valence-electron chi connectivity index (χ4n) is 6.71. The first kappa shape index (κ1) is 40.8. The number of aryl methyl sites for hydroxylation is 1. The van der Waals surface area contributed by atoms with E-state index >= 15 is 0 Å². The number of rotatable bonds is 8. The van der Waals surface area contributed by atoms with Crippen molar-refractivity contribution in [3.63, 3.8) is 0 Å². The van der Waals surface area contributed by atoms with E-state index in [2.05, 4.69) is 9.97 Å². The molecule has 1 N–H and O–H groups in total. The molecule has 2 aliphatic heterocycles. The molecule has 0 radical (unpaired) electrons. The Labute approximate surface area is 316 Å². The molecule has 4 aromatic rings. The third-order valence-corrected chi connectivity index (χ3v) is 9.42. The van der Waals surface area contributed by atoms with E-state index in [4.69, 9.17) is 14.2 Å². The molecule has 56 heavy (non-hydrogen) atoms. The number of aliphatic hydroxyl groups excluding tert-OH is 1. The molecular weight excluding hydrogens is 756 g/mol. The second-order valence-corrected chi connectivity index (χ2v) is 14.8. The molecule has 0 aliphatic carbocycles. The third-order valence-electron chi connectivity index (χ3n) is 9.42. The summed E-state index contributed by atoms with van der Waals surface area (Å²) < 4.78 is 127. The molecule has 0 spiro atoms. The van der Waals surface area contributed by atoms with E-state index in [1.807, 2.05) is 0 Å². The molecule has 6 rings (SSSR count). The molecule has 4 heterocycles. The lowest BCUT2D eigenvalue weighted by Crippen LogP contribution is -2.56. The number of carbonyl (C=O) groups excluding carboxylic acids is 1. The van der Waals surface area contributed by atoms with Gasteiger partial charge in [0, 0.05) is 35.5 Å². The van der Waals surface area contributed by atoms with Gasteiger partial charge < -0.3 is 24.2 Å². The number of aliphatic hydroxyl groups is 1. The minimum atomic E-state index is -5.11. The molecule has 17 heteroatoms. The van der Waals surface area contributed by atoms with Crippen molar-refractivity contribution in [2.45, 2.75) is 83.6 Å². The summed E-state index contributed by atoms with van der Waals surface area (Å²) in [6.45, 7) is 7.01. The first-order valence-electron chi connectivity index (χ1n) is 17.3. The second-order valence-electron chi connectivity index (χ2n) is 14.8. The van der Waals surface area contributed by atoms with Gasteiger partial charge in [-0.25, -0.2) is 28.4 Å². The Morgan fingerprint density at radius 1 is 0.929 bits per heavy atom. The zero-order valence-electron chi connectivity index (χ0n) is 31.0. The zero-order chi connectivity index (χ0) is 41.1. The maximum atomic E-state index is 13.9. The standard InChI is InChI=1S/C39H38F8N4O5/c1-20-11-22(34(52)56-36(3,4)5)7-8-27(20)24-14-29(33(54-6)48-16-24)28-9-10-31(50-18-37(40,41)19-50)49-30(28)17-51-21(2)32(55-35(51)53)23-12-25(38(42,43)44)15-26(13-23)39(45,46)47/h7-16,21,32,35,53H,17-19H2,1-6H3/t21-,32-,35?/m0/s1. The smallest absolute Gasteiger partial charge is 0.416 e. The first-order valence-corrected chi connectivity index (χ1v) is 17.3. The Bertz CT molecular complexity index is 2100. The van der Waals surface area contributed by atoms with Crippen LogP contribution in [-0.2, 0) is 28.4 Å². The van der Waals surface area contributed by atoms with Gasteiger partial charge in [0.25, 0.3) is 5.92 Å². The summed E-state index contributed by atoms with van der Waals surface area (Å²) in [5.74, 6) is -3.15. The molecule has 2 fully saturated rings. The highest BCUT2D eigenvalue weighted by atomic mass is 19.4. The minimum absolute atomic E-state index is 0.00470. The number of nitrogens with zero attached hydrogens (tertiary/aromatic N) is 4. The van der Waals surface area contributed by atoms with Crippen molar-refractivity contribution >= 4 is 11.8 Å². The van der Waals surface area contributed by atoms with Gasteiger partial charge in [0.05, 0.1) is 42.6 Å². The summed E-state index contributed by atoms with van der Waals surface area (Å²) in [6, 6.07) is 9.96. The van der Waals surface area contributed by atoms with E-state index in [-0.39, 0.29) is 30.0 Å². The molecule has 2 aliphatic rings. The van der Waals surface area contributed by atoms with Gasteiger partial charge in [-0.05, 0) is 99.8 Å². The maximum absolute atomic E-state index is 13.9. The molecule has 1 unspecified atom stereocenters. The van der Waals surface area contributed by atoms with Gasteiger partial charge in [-0.3, -0.25) is 0 Å². The summed E-state index contributed by atoms with van der Waals surface area (Å²) >= 11 is 0.